The Morgan fingerprint density at radius 1 is 1.20 bits per heavy atom. The van der Waals surface area contributed by atoms with Crippen LogP contribution in [0.1, 0.15) is 52.0 Å². The first-order valence-corrected chi connectivity index (χ1v) is 8.69. The fraction of sp³-hybridized carbons (Fsp3) is 0.867. The molecule has 0 aliphatic carbocycles. The maximum Gasteiger partial charge on any atom is 0.205 e. The lowest BCUT2D eigenvalue weighted by Gasteiger charge is -2.24. The van der Waals surface area contributed by atoms with Crippen molar-refractivity contribution in [3.63, 3.8) is 0 Å². The Labute approximate surface area is 127 Å². The predicted octanol–water partition coefficient (Wildman–Crippen LogP) is 3.41. The molecular weight excluding hydrogens is 268 g/mol. The quantitative estimate of drug-likeness (QED) is 0.904. The van der Waals surface area contributed by atoms with Crippen molar-refractivity contribution < 1.29 is 0 Å². The van der Waals surface area contributed by atoms with Gasteiger partial charge in [-0.05, 0) is 45.6 Å². The van der Waals surface area contributed by atoms with Gasteiger partial charge in [0.15, 0.2) is 0 Å². The van der Waals surface area contributed by atoms with E-state index in [9.17, 15) is 0 Å². The Balaban J connectivity index is 1.85. The summed E-state index contributed by atoms with van der Waals surface area (Å²) in [6.07, 6.45) is 4.75. The van der Waals surface area contributed by atoms with Crippen LogP contribution in [0, 0.1) is 5.92 Å². The normalized spacial score (nSPS) is 21.4. The molecule has 1 atom stereocenters. The molecule has 1 aliphatic rings. The van der Waals surface area contributed by atoms with Crippen LogP contribution in [0.25, 0.3) is 0 Å². The molecule has 0 saturated carbocycles. The van der Waals surface area contributed by atoms with E-state index in [1.165, 1.54) is 32.4 Å². The Hall–Kier alpha value is -0.680. The van der Waals surface area contributed by atoms with Crippen molar-refractivity contribution in [3.8, 4) is 0 Å². The number of rotatable bonds is 5. The number of nitrogens with one attached hydrogen (secondary N) is 1. The van der Waals surface area contributed by atoms with Gasteiger partial charge in [-0.25, -0.2) is 0 Å². The number of anilines is 1. The van der Waals surface area contributed by atoms with Crippen molar-refractivity contribution in [1.29, 1.82) is 0 Å². The molecule has 0 spiro atoms. The first-order chi connectivity index (χ1) is 9.54. The summed E-state index contributed by atoms with van der Waals surface area (Å²) in [5, 5.41) is 14.3. The molecule has 0 bridgehead atoms. The van der Waals surface area contributed by atoms with Gasteiger partial charge in [-0.3, -0.25) is 0 Å². The smallest absolute Gasteiger partial charge is 0.205 e. The molecule has 0 amide bonds. The molecule has 1 fully saturated rings. The van der Waals surface area contributed by atoms with E-state index < -0.39 is 0 Å². The average molecular weight is 296 g/mol. The molecule has 2 heterocycles. The first kappa shape index (κ1) is 15.7. The van der Waals surface area contributed by atoms with Gasteiger partial charge in [0.2, 0.25) is 5.13 Å². The highest BCUT2D eigenvalue weighted by Crippen LogP contribution is 2.22. The highest BCUT2D eigenvalue weighted by atomic mass is 32.1. The summed E-state index contributed by atoms with van der Waals surface area (Å²) in [4.78, 5) is 2.58. The zero-order chi connectivity index (χ0) is 14.5. The number of nitrogens with zero attached hydrogens (tertiary/aromatic N) is 3. The average Bonchev–Trinajstić information content (AvgIpc) is 2.65. The van der Waals surface area contributed by atoms with Crippen LogP contribution >= 0.6 is 11.3 Å². The molecule has 5 heteroatoms. The second-order valence-corrected chi connectivity index (χ2v) is 7.56. The third-order valence-electron chi connectivity index (χ3n) is 3.87. The van der Waals surface area contributed by atoms with Gasteiger partial charge in [0.25, 0.3) is 0 Å². The van der Waals surface area contributed by atoms with Gasteiger partial charge in [0.1, 0.15) is 5.01 Å². The summed E-state index contributed by atoms with van der Waals surface area (Å²) in [7, 11) is 0. The Bertz CT molecular complexity index is 402. The summed E-state index contributed by atoms with van der Waals surface area (Å²) >= 11 is 1.72. The van der Waals surface area contributed by atoms with E-state index >= 15 is 0 Å². The van der Waals surface area contributed by atoms with Crippen molar-refractivity contribution in [3.05, 3.63) is 5.01 Å². The maximum atomic E-state index is 4.29. The van der Waals surface area contributed by atoms with Gasteiger partial charge in [-0.2, -0.15) is 0 Å². The molecule has 0 radical (unpaired) electrons. The van der Waals surface area contributed by atoms with Crippen molar-refractivity contribution in [2.45, 2.75) is 65.5 Å². The monoisotopic (exact) mass is 296 g/mol. The van der Waals surface area contributed by atoms with Gasteiger partial charge in [-0.15, -0.1) is 10.2 Å². The lowest BCUT2D eigenvalue weighted by molar-refractivity contribution is 0.230. The SMILES string of the molecule is CC(C)Cc1nnc(NC2CCCN(C(C)C)CC2)s1. The molecule has 1 saturated heterocycles. The molecule has 114 valence electrons. The molecule has 0 aromatic carbocycles. The fourth-order valence-electron chi connectivity index (χ4n) is 2.70. The second kappa shape index (κ2) is 7.36. The van der Waals surface area contributed by atoms with Crippen LogP contribution in [-0.2, 0) is 6.42 Å². The number of hydrogen-bond acceptors (Lipinski definition) is 5. The topological polar surface area (TPSA) is 41.1 Å². The lowest BCUT2D eigenvalue weighted by atomic mass is 10.1. The third kappa shape index (κ3) is 4.70. The Morgan fingerprint density at radius 3 is 2.70 bits per heavy atom. The predicted molar refractivity (Wildman–Crippen MR) is 86.4 cm³/mol. The molecule has 1 aromatic heterocycles. The van der Waals surface area contributed by atoms with Crippen LogP contribution in [-0.4, -0.2) is 40.3 Å². The minimum Gasteiger partial charge on any atom is -0.357 e. The maximum absolute atomic E-state index is 4.29. The standard InChI is InChI=1S/C15H28N4S/c1-11(2)10-14-17-18-15(20-14)16-13-6-5-8-19(9-7-13)12(3)4/h11-13H,5-10H2,1-4H3,(H,16,18). The summed E-state index contributed by atoms with van der Waals surface area (Å²) in [5.41, 5.74) is 0. The van der Waals surface area contributed by atoms with Gasteiger partial charge in [0.05, 0.1) is 0 Å². The summed E-state index contributed by atoms with van der Waals surface area (Å²) < 4.78 is 0. The van der Waals surface area contributed by atoms with Crippen LogP contribution in [0.2, 0.25) is 0 Å². The second-order valence-electron chi connectivity index (χ2n) is 6.50. The van der Waals surface area contributed by atoms with Gasteiger partial charge in [0, 0.05) is 25.0 Å². The number of aromatic nitrogens is 2. The minimum absolute atomic E-state index is 0.554. The van der Waals surface area contributed by atoms with Crippen LogP contribution < -0.4 is 5.32 Å². The molecular formula is C15H28N4S. The van der Waals surface area contributed by atoms with E-state index in [4.69, 9.17) is 0 Å². The van der Waals surface area contributed by atoms with Gasteiger partial charge >= 0.3 is 0 Å². The van der Waals surface area contributed by atoms with E-state index in [-0.39, 0.29) is 0 Å². The van der Waals surface area contributed by atoms with E-state index in [0.29, 0.717) is 18.0 Å². The van der Waals surface area contributed by atoms with Crippen LogP contribution in [0.5, 0.6) is 0 Å². The molecule has 1 N–H and O–H groups in total. The van der Waals surface area contributed by atoms with Crippen LogP contribution in [0.15, 0.2) is 0 Å². The Morgan fingerprint density at radius 2 is 2.00 bits per heavy atom. The Kier molecular flexibility index (Phi) is 5.78. The van der Waals surface area contributed by atoms with Crippen molar-refractivity contribution in [1.82, 2.24) is 15.1 Å². The zero-order valence-electron chi connectivity index (χ0n) is 13.2. The van der Waals surface area contributed by atoms with E-state index in [1.54, 1.807) is 11.3 Å². The van der Waals surface area contributed by atoms with Crippen molar-refractivity contribution in [2.24, 2.45) is 5.92 Å². The summed E-state index contributed by atoms with van der Waals surface area (Å²) in [6.45, 7) is 11.4. The fourth-order valence-corrected chi connectivity index (χ4v) is 3.73. The summed E-state index contributed by atoms with van der Waals surface area (Å²) in [6, 6.07) is 1.21. The highest BCUT2D eigenvalue weighted by Gasteiger charge is 2.19. The van der Waals surface area contributed by atoms with Crippen LogP contribution in [0.3, 0.4) is 0 Å². The molecule has 2 rings (SSSR count). The first-order valence-electron chi connectivity index (χ1n) is 7.87. The molecule has 4 nitrogen and oxygen atoms in total. The molecule has 20 heavy (non-hydrogen) atoms. The zero-order valence-corrected chi connectivity index (χ0v) is 14.0. The van der Waals surface area contributed by atoms with E-state index in [2.05, 4.69) is 48.1 Å². The largest absolute Gasteiger partial charge is 0.357 e. The summed E-state index contributed by atoms with van der Waals surface area (Å²) in [5.74, 6) is 0.647. The van der Waals surface area contributed by atoms with E-state index in [0.717, 1.165) is 16.6 Å². The highest BCUT2D eigenvalue weighted by molar-refractivity contribution is 7.15. The molecule has 1 aromatic rings. The molecule has 1 unspecified atom stereocenters. The molecule has 1 aliphatic heterocycles. The van der Waals surface area contributed by atoms with Crippen molar-refractivity contribution >= 4 is 16.5 Å². The van der Waals surface area contributed by atoms with Crippen LogP contribution in [0.4, 0.5) is 5.13 Å². The number of hydrogen-bond donors (Lipinski definition) is 1. The lowest BCUT2D eigenvalue weighted by Crippen LogP contribution is -2.32. The minimum atomic E-state index is 0.554. The van der Waals surface area contributed by atoms with E-state index in [1.807, 2.05) is 0 Å². The third-order valence-corrected chi connectivity index (χ3v) is 4.75. The number of likely N-dealkylation sites (tertiary alicyclic amines) is 1. The van der Waals surface area contributed by atoms with Gasteiger partial charge in [-0.1, -0.05) is 25.2 Å². The van der Waals surface area contributed by atoms with Crippen molar-refractivity contribution in [2.75, 3.05) is 18.4 Å². The van der Waals surface area contributed by atoms with Gasteiger partial charge < -0.3 is 10.2 Å².